The average Bonchev–Trinajstić information content (AvgIpc) is 3.24. The molecule has 1 saturated carbocycles. The number of hydrogen-bond acceptors (Lipinski definition) is 5. The molecule has 2 aromatic carbocycles. The van der Waals surface area contributed by atoms with Crippen molar-refractivity contribution in [3.8, 4) is 5.75 Å². The van der Waals surface area contributed by atoms with Crippen molar-refractivity contribution < 1.29 is 19.0 Å². The lowest BCUT2D eigenvalue weighted by Gasteiger charge is -2.22. The molecule has 2 aromatic heterocycles. The summed E-state index contributed by atoms with van der Waals surface area (Å²) >= 11 is 0. The molecule has 1 N–H and O–H groups in total. The highest BCUT2D eigenvalue weighted by molar-refractivity contribution is 6.13. The summed E-state index contributed by atoms with van der Waals surface area (Å²) in [6.07, 6.45) is 6.89. The zero-order chi connectivity index (χ0) is 22.6. The highest BCUT2D eigenvalue weighted by Crippen LogP contribution is 2.37. The summed E-state index contributed by atoms with van der Waals surface area (Å²) in [4.78, 5) is 21.0. The number of aromatic amines is 1. The Morgan fingerprint density at radius 1 is 0.970 bits per heavy atom. The lowest BCUT2D eigenvalue weighted by Crippen LogP contribution is -2.22. The van der Waals surface area contributed by atoms with Gasteiger partial charge in [-0.05, 0) is 43.4 Å². The Kier molecular flexibility index (Phi) is 6.26. The Bertz CT molecular complexity index is 1260. The maximum absolute atomic E-state index is 13.1. The topological polar surface area (TPSA) is 73.4 Å². The Balaban J connectivity index is 1.56. The van der Waals surface area contributed by atoms with E-state index in [1.165, 1.54) is 6.42 Å². The van der Waals surface area contributed by atoms with Crippen LogP contribution in [0, 0.1) is 0 Å². The summed E-state index contributed by atoms with van der Waals surface area (Å²) in [6.45, 7) is 0.702. The number of H-pyrrole nitrogens is 1. The number of hydrogen-bond donors (Lipinski definition) is 1. The molecule has 1 aliphatic rings. The fourth-order valence-electron chi connectivity index (χ4n) is 4.68. The highest BCUT2D eigenvalue weighted by Gasteiger charge is 2.25. The molecular formula is C27H28N2O4. The van der Waals surface area contributed by atoms with E-state index in [-0.39, 0.29) is 18.7 Å². The molecule has 0 bridgehead atoms. The lowest BCUT2D eigenvalue weighted by atomic mass is 9.98. The maximum atomic E-state index is 13.1. The lowest BCUT2D eigenvalue weighted by molar-refractivity contribution is 0.0200. The molecule has 33 heavy (non-hydrogen) atoms. The van der Waals surface area contributed by atoms with E-state index in [4.69, 9.17) is 14.2 Å². The van der Waals surface area contributed by atoms with Crippen LogP contribution in [0.3, 0.4) is 0 Å². The molecule has 1 aliphatic carbocycles. The summed E-state index contributed by atoms with van der Waals surface area (Å²) in [6, 6.07) is 16.0. The van der Waals surface area contributed by atoms with Crippen LogP contribution in [0.5, 0.6) is 5.75 Å². The summed E-state index contributed by atoms with van der Waals surface area (Å²) in [5, 5.41) is 1.81. The molecule has 0 spiro atoms. The average molecular weight is 445 g/mol. The first-order chi connectivity index (χ1) is 16.2. The summed E-state index contributed by atoms with van der Waals surface area (Å²) in [7, 11) is 1.62. The summed E-state index contributed by atoms with van der Waals surface area (Å²) in [5.41, 5.74) is 3.88. The van der Waals surface area contributed by atoms with Crippen molar-refractivity contribution in [2.75, 3.05) is 7.11 Å². The number of carbonyl (C=O) groups is 1. The van der Waals surface area contributed by atoms with E-state index >= 15 is 0 Å². The largest absolute Gasteiger partial charge is 0.488 e. The molecule has 5 rings (SSSR count). The number of rotatable bonds is 7. The highest BCUT2D eigenvalue weighted by atomic mass is 16.5. The van der Waals surface area contributed by atoms with Gasteiger partial charge in [-0.3, -0.25) is 0 Å². The third-order valence-electron chi connectivity index (χ3n) is 6.27. The number of methoxy groups -OCH3 is 1. The first kappa shape index (κ1) is 21.5. The SMILES string of the molecule is COCc1c(C(=O)OC2CCCCC2)ncc2[nH]c3cccc(OCc4ccccc4)c3c12. The van der Waals surface area contributed by atoms with E-state index in [2.05, 4.69) is 9.97 Å². The molecule has 6 nitrogen and oxygen atoms in total. The van der Waals surface area contributed by atoms with Gasteiger partial charge in [0.25, 0.3) is 0 Å². The maximum Gasteiger partial charge on any atom is 0.357 e. The van der Waals surface area contributed by atoms with Crippen molar-refractivity contribution in [2.45, 2.75) is 51.4 Å². The van der Waals surface area contributed by atoms with E-state index in [1.54, 1.807) is 13.3 Å². The van der Waals surface area contributed by atoms with Gasteiger partial charge in [-0.1, -0.05) is 42.8 Å². The standard InChI is InChI=1S/C27H28N2O4/c1-31-17-20-24-22(15-28-26(20)27(30)33-19-11-6-3-7-12-19)29-21-13-8-14-23(25(21)24)32-16-18-9-4-2-5-10-18/h2,4-5,8-10,13-15,19,29H,3,6-7,11-12,16-17H2,1H3. The summed E-state index contributed by atoms with van der Waals surface area (Å²) < 4.78 is 17.6. The van der Waals surface area contributed by atoms with Gasteiger partial charge in [-0.15, -0.1) is 0 Å². The van der Waals surface area contributed by atoms with Gasteiger partial charge in [0.2, 0.25) is 0 Å². The monoisotopic (exact) mass is 444 g/mol. The number of carbonyl (C=O) groups excluding carboxylic acids is 1. The number of nitrogens with zero attached hydrogens (tertiary/aromatic N) is 1. The zero-order valence-corrected chi connectivity index (χ0v) is 18.8. The van der Waals surface area contributed by atoms with Crippen molar-refractivity contribution in [1.29, 1.82) is 0 Å². The molecule has 0 amide bonds. The minimum absolute atomic E-state index is 0.0353. The van der Waals surface area contributed by atoms with Gasteiger partial charge >= 0.3 is 5.97 Å². The van der Waals surface area contributed by atoms with Crippen LogP contribution in [0.15, 0.2) is 54.7 Å². The third kappa shape index (κ3) is 4.44. The number of nitrogens with one attached hydrogen (secondary N) is 1. The molecule has 0 aliphatic heterocycles. The third-order valence-corrected chi connectivity index (χ3v) is 6.27. The first-order valence-corrected chi connectivity index (χ1v) is 11.5. The van der Waals surface area contributed by atoms with E-state index in [0.29, 0.717) is 12.3 Å². The predicted molar refractivity (Wildman–Crippen MR) is 127 cm³/mol. The van der Waals surface area contributed by atoms with Gasteiger partial charge in [-0.2, -0.15) is 0 Å². The van der Waals surface area contributed by atoms with Crippen LogP contribution in [0.2, 0.25) is 0 Å². The number of esters is 1. The number of fused-ring (bicyclic) bond motifs is 3. The van der Waals surface area contributed by atoms with Gasteiger partial charge in [0, 0.05) is 23.4 Å². The molecule has 0 saturated heterocycles. The molecule has 6 heteroatoms. The van der Waals surface area contributed by atoms with Crippen LogP contribution >= 0.6 is 0 Å². The minimum Gasteiger partial charge on any atom is -0.488 e. The van der Waals surface area contributed by atoms with Crippen molar-refractivity contribution in [3.05, 3.63) is 71.5 Å². The second-order valence-corrected chi connectivity index (χ2v) is 8.55. The second-order valence-electron chi connectivity index (χ2n) is 8.55. The van der Waals surface area contributed by atoms with E-state index in [0.717, 1.165) is 64.4 Å². The van der Waals surface area contributed by atoms with Gasteiger partial charge in [-0.25, -0.2) is 9.78 Å². The molecule has 1 fully saturated rings. The molecule has 0 radical (unpaired) electrons. The normalized spacial score (nSPS) is 14.6. The fraction of sp³-hybridized carbons (Fsp3) is 0.333. The van der Waals surface area contributed by atoms with Gasteiger partial charge in [0.1, 0.15) is 18.5 Å². The number of ether oxygens (including phenoxy) is 3. The van der Waals surface area contributed by atoms with Crippen LogP contribution in [0.25, 0.3) is 21.8 Å². The van der Waals surface area contributed by atoms with Crippen LogP contribution in [0.1, 0.15) is 53.7 Å². The van der Waals surface area contributed by atoms with Crippen LogP contribution in [-0.4, -0.2) is 29.2 Å². The van der Waals surface area contributed by atoms with Crippen LogP contribution in [-0.2, 0) is 22.7 Å². The van der Waals surface area contributed by atoms with Crippen LogP contribution in [0.4, 0.5) is 0 Å². The van der Waals surface area contributed by atoms with Crippen LogP contribution < -0.4 is 4.74 Å². The minimum atomic E-state index is -0.382. The zero-order valence-electron chi connectivity index (χ0n) is 18.8. The molecule has 0 atom stereocenters. The summed E-state index contributed by atoms with van der Waals surface area (Å²) in [5.74, 6) is 0.366. The first-order valence-electron chi connectivity index (χ1n) is 11.5. The quantitative estimate of drug-likeness (QED) is 0.358. The number of benzene rings is 2. The number of aromatic nitrogens is 2. The smallest absolute Gasteiger partial charge is 0.357 e. The Morgan fingerprint density at radius 3 is 2.58 bits per heavy atom. The molecular weight excluding hydrogens is 416 g/mol. The Morgan fingerprint density at radius 2 is 1.79 bits per heavy atom. The second kappa shape index (κ2) is 9.63. The van der Waals surface area contributed by atoms with Crippen molar-refractivity contribution in [1.82, 2.24) is 9.97 Å². The predicted octanol–water partition coefficient (Wildman–Crippen LogP) is 5.93. The fourth-order valence-corrected chi connectivity index (χ4v) is 4.68. The van der Waals surface area contributed by atoms with Gasteiger partial charge < -0.3 is 19.2 Å². The molecule has 4 aromatic rings. The molecule has 170 valence electrons. The molecule has 0 unspecified atom stereocenters. The van der Waals surface area contributed by atoms with E-state index in [9.17, 15) is 4.79 Å². The Hall–Kier alpha value is -3.38. The van der Waals surface area contributed by atoms with Gasteiger partial charge in [0.05, 0.1) is 23.8 Å². The van der Waals surface area contributed by atoms with Crippen molar-refractivity contribution in [2.24, 2.45) is 0 Å². The van der Waals surface area contributed by atoms with Crippen molar-refractivity contribution >= 4 is 27.8 Å². The van der Waals surface area contributed by atoms with E-state index < -0.39 is 0 Å². The van der Waals surface area contributed by atoms with E-state index in [1.807, 2.05) is 48.5 Å². The van der Waals surface area contributed by atoms with Gasteiger partial charge in [0.15, 0.2) is 5.69 Å². The van der Waals surface area contributed by atoms with Crippen molar-refractivity contribution in [3.63, 3.8) is 0 Å². The Labute approximate surface area is 192 Å². The number of pyridine rings is 1. The molecule has 2 heterocycles.